The number of methoxy groups -OCH3 is 2. The standard InChI is InChI=1S/C27H34N3O10PS/c1-5-21(15-33-2)38-23-11-19(12-24(13-23)39-22-7-8-25(28-14-22)40-35-4)26(31)29-27-30(18-34-3)20(17-42-27)16-41(32)36-9-6-10-37-41/h7-8,11-14,17,21H,5-6,9-10,15-16,18H2,1-4H3/b29-27-. The van der Waals surface area contributed by atoms with Gasteiger partial charge in [-0.3, -0.25) is 13.9 Å². The van der Waals surface area contributed by atoms with Gasteiger partial charge in [-0.2, -0.15) is 9.88 Å². The summed E-state index contributed by atoms with van der Waals surface area (Å²) in [7, 11) is 1.19. The molecule has 0 saturated carbocycles. The average molecular weight is 624 g/mol. The van der Waals surface area contributed by atoms with E-state index in [1.54, 1.807) is 47.4 Å². The van der Waals surface area contributed by atoms with Crippen molar-refractivity contribution >= 4 is 24.8 Å². The minimum Gasteiger partial charge on any atom is -0.488 e. The largest absolute Gasteiger partial charge is 0.488 e. The molecular weight excluding hydrogens is 589 g/mol. The minimum absolute atomic E-state index is 0.0397. The highest BCUT2D eigenvalue weighted by Crippen LogP contribution is 2.53. The molecule has 13 nitrogen and oxygen atoms in total. The number of hydrogen-bond donors (Lipinski definition) is 0. The van der Waals surface area contributed by atoms with Crippen molar-refractivity contribution in [2.45, 2.75) is 38.8 Å². The van der Waals surface area contributed by atoms with Gasteiger partial charge in [0.15, 0.2) is 4.80 Å². The summed E-state index contributed by atoms with van der Waals surface area (Å²) in [5, 5.41) is 1.76. The van der Waals surface area contributed by atoms with Crippen molar-refractivity contribution in [2.75, 3.05) is 41.2 Å². The number of pyridine rings is 1. The third-order valence-corrected chi connectivity index (χ3v) is 8.68. The van der Waals surface area contributed by atoms with E-state index in [9.17, 15) is 9.36 Å². The van der Waals surface area contributed by atoms with Crippen molar-refractivity contribution in [1.29, 1.82) is 0 Å². The average Bonchev–Trinajstić information content (AvgIpc) is 3.34. The van der Waals surface area contributed by atoms with Gasteiger partial charge in [-0.15, -0.1) is 11.3 Å². The summed E-state index contributed by atoms with van der Waals surface area (Å²) < 4.78 is 48.2. The number of hydrogen-bond acceptors (Lipinski definition) is 12. The molecule has 1 aliphatic heterocycles. The molecule has 1 aliphatic rings. The molecule has 0 spiro atoms. The predicted octanol–water partition coefficient (Wildman–Crippen LogP) is 4.96. The lowest BCUT2D eigenvalue weighted by Gasteiger charge is -2.23. The lowest BCUT2D eigenvalue weighted by Crippen LogP contribution is -2.22. The van der Waals surface area contributed by atoms with Crippen LogP contribution in [0.4, 0.5) is 0 Å². The molecule has 4 rings (SSSR count). The normalized spacial score (nSPS) is 15.8. The molecule has 1 saturated heterocycles. The monoisotopic (exact) mass is 623 g/mol. The van der Waals surface area contributed by atoms with E-state index in [0.29, 0.717) is 60.4 Å². The van der Waals surface area contributed by atoms with E-state index in [4.69, 9.17) is 32.9 Å². The van der Waals surface area contributed by atoms with Gasteiger partial charge in [-0.05, 0) is 31.0 Å². The number of carbonyl (C=O) groups excluding carboxylic acids is 1. The van der Waals surface area contributed by atoms with E-state index >= 15 is 0 Å². The summed E-state index contributed by atoms with van der Waals surface area (Å²) >= 11 is 1.22. The minimum atomic E-state index is -3.30. The van der Waals surface area contributed by atoms with Crippen LogP contribution in [0.2, 0.25) is 0 Å². The Morgan fingerprint density at radius 3 is 2.57 bits per heavy atom. The summed E-state index contributed by atoms with van der Waals surface area (Å²) in [6.45, 7) is 3.17. The number of carbonyl (C=O) groups is 1. The van der Waals surface area contributed by atoms with Gasteiger partial charge in [0.05, 0.1) is 39.3 Å². The predicted molar refractivity (Wildman–Crippen MR) is 152 cm³/mol. The first-order chi connectivity index (χ1) is 20.4. The van der Waals surface area contributed by atoms with Gasteiger partial charge < -0.3 is 32.9 Å². The summed E-state index contributed by atoms with van der Waals surface area (Å²) in [6.07, 6.45) is 2.62. The Morgan fingerprint density at radius 2 is 1.90 bits per heavy atom. The van der Waals surface area contributed by atoms with E-state index in [2.05, 4.69) is 14.9 Å². The number of aromatic nitrogens is 2. The van der Waals surface area contributed by atoms with E-state index in [-0.39, 0.29) is 30.4 Å². The lowest BCUT2D eigenvalue weighted by molar-refractivity contribution is -0.181. The maximum Gasteiger partial charge on any atom is 0.336 e. The van der Waals surface area contributed by atoms with E-state index in [1.165, 1.54) is 31.8 Å². The molecule has 15 heteroatoms. The van der Waals surface area contributed by atoms with Crippen molar-refractivity contribution in [2.24, 2.45) is 4.99 Å². The highest BCUT2D eigenvalue weighted by atomic mass is 32.1. The Hall–Kier alpha value is -3.10. The maximum atomic E-state index is 13.5. The van der Waals surface area contributed by atoms with Crippen LogP contribution in [-0.2, 0) is 40.9 Å². The molecule has 1 aromatic carbocycles. The third-order valence-electron chi connectivity index (χ3n) is 5.90. The smallest absolute Gasteiger partial charge is 0.336 e. The molecule has 0 N–H and O–H groups in total. The molecule has 3 heterocycles. The van der Waals surface area contributed by atoms with Crippen LogP contribution in [0.15, 0.2) is 46.9 Å². The van der Waals surface area contributed by atoms with Gasteiger partial charge in [-0.25, -0.2) is 4.98 Å². The van der Waals surface area contributed by atoms with Crippen LogP contribution in [-0.4, -0.2) is 62.7 Å². The second-order valence-electron chi connectivity index (χ2n) is 9.04. The summed E-state index contributed by atoms with van der Waals surface area (Å²) in [6, 6.07) is 8.05. The summed E-state index contributed by atoms with van der Waals surface area (Å²) in [5.74, 6) is 0.860. The van der Waals surface area contributed by atoms with Crippen LogP contribution in [0, 0.1) is 0 Å². The van der Waals surface area contributed by atoms with Crippen molar-refractivity contribution in [1.82, 2.24) is 9.55 Å². The van der Waals surface area contributed by atoms with Gasteiger partial charge in [-0.1, -0.05) is 6.92 Å². The molecule has 3 aromatic rings. The van der Waals surface area contributed by atoms with Gasteiger partial charge >= 0.3 is 7.60 Å². The SMILES string of the molecule is CCC(COC)Oc1cc(Oc2ccc(OOC)nc2)cc(C(=O)/N=c2\scc(CP3(=O)OCCCO3)n2COC)c1. The van der Waals surface area contributed by atoms with Crippen molar-refractivity contribution in [3.8, 4) is 23.1 Å². The Morgan fingerprint density at radius 1 is 1.12 bits per heavy atom. The fourth-order valence-corrected chi connectivity index (χ4v) is 6.66. The highest BCUT2D eigenvalue weighted by Gasteiger charge is 2.30. The Balaban J connectivity index is 1.65. The van der Waals surface area contributed by atoms with Gasteiger partial charge in [0.25, 0.3) is 11.8 Å². The topological polar surface area (TPSA) is 138 Å². The first-order valence-electron chi connectivity index (χ1n) is 13.1. The Kier molecular flexibility index (Phi) is 11.7. The van der Waals surface area contributed by atoms with E-state index in [1.807, 2.05) is 6.92 Å². The van der Waals surface area contributed by atoms with Crippen LogP contribution >= 0.6 is 18.9 Å². The molecule has 1 fully saturated rings. The molecule has 228 valence electrons. The Bertz CT molecular complexity index is 1430. The molecule has 0 radical (unpaired) electrons. The number of benzene rings is 1. The van der Waals surface area contributed by atoms with Crippen LogP contribution in [0.5, 0.6) is 23.1 Å². The number of amides is 1. The second-order valence-corrected chi connectivity index (χ2v) is 11.9. The number of ether oxygens (including phenoxy) is 4. The summed E-state index contributed by atoms with van der Waals surface area (Å²) in [4.78, 5) is 31.8. The number of nitrogens with zero attached hydrogens (tertiary/aromatic N) is 3. The van der Waals surface area contributed by atoms with Crippen LogP contribution in [0.25, 0.3) is 0 Å². The number of thiazole rings is 1. The fourth-order valence-electron chi connectivity index (χ4n) is 3.93. The lowest BCUT2D eigenvalue weighted by atomic mass is 10.2. The van der Waals surface area contributed by atoms with Crippen molar-refractivity contribution < 1.29 is 47.1 Å². The second kappa shape index (κ2) is 15.4. The van der Waals surface area contributed by atoms with Crippen LogP contribution in [0.1, 0.15) is 35.8 Å². The molecule has 2 aromatic heterocycles. The van der Waals surface area contributed by atoms with E-state index in [0.717, 1.165) is 0 Å². The number of rotatable bonds is 14. The summed E-state index contributed by atoms with van der Waals surface area (Å²) in [5.41, 5.74) is 0.853. The zero-order valence-electron chi connectivity index (χ0n) is 23.8. The third kappa shape index (κ3) is 8.71. The first kappa shape index (κ1) is 31.8. The fraction of sp³-hybridized carbons (Fsp3) is 0.444. The highest BCUT2D eigenvalue weighted by molar-refractivity contribution is 7.53. The quantitative estimate of drug-likeness (QED) is 0.137. The molecule has 42 heavy (non-hydrogen) atoms. The zero-order chi connectivity index (χ0) is 30.0. The molecule has 1 unspecified atom stereocenters. The molecule has 1 atom stereocenters. The van der Waals surface area contributed by atoms with Crippen molar-refractivity contribution in [3.05, 3.63) is 58.0 Å². The first-order valence-corrected chi connectivity index (χ1v) is 15.8. The van der Waals surface area contributed by atoms with Gasteiger partial charge in [0.1, 0.15) is 30.1 Å². The van der Waals surface area contributed by atoms with E-state index < -0.39 is 13.5 Å². The maximum absolute atomic E-state index is 13.5. The molecule has 1 amide bonds. The molecule has 0 aliphatic carbocycles. The van der Waals surface area contributed by atoms with Crippen LogP contribution in [0.3, 0.4) is 0 Å². The zero-order valence-corrected chi connectivity index (χ0v) is 25.6. The molecular formula is C27H34N3O10PS. The molecule has 0 bridgehead atoms. The van der Waals surface area contributed by atoms with Gasteiger partial charge in [0, 0.05) is 43.0 Å². The Labute approximate surface area is 247 Å². The van der Waals surface area contributed by atoms with Gasteiger partial charge in [0.2, 0.25) is 0 Å². The van der Waals surface area contributed by atoms with Crippen LogP contribution < -0.4 is 19.2 Å². The van der Waals surface area contributed by atoms with Crippen molar-refractivity contribution in [3.63, 3.8) is 0 Å².